The molecule has 120 valence electrons. The van der Waals surface area contributed by atoms with E-state index in [0.29, 0.717) is 18.3 Å². The number of carbonyl (C=O) groups excluding carboxylic acids is 1. The number of nitrogens with zero attached hydrogens (tertiary/aromatic N) is 2. The molecule has 5 nitrogen and oxygen atoms in total. The first-order chi connectivity index (χ1) is 11.0. The average molecular weight is 347 g/mol. The van der Waals surface area contributed by atoms with Gasteiger partial charge in [-0.3, -0.25) is 4.79 Å². The van der Waals surface area contributed by atoms with Crippen LogP contribution in [0.4, 0.5) is 0 Å². The van der Waals surface area contributed by atoms with E-state index in [1.807, 2.05) is 45.0 Å². The molecule has 0 saturated heterocycles. The Morgan fingerprint density at radius 1 is 1.26 bits per heavy atom. The molecule has 0 radical (unpaired) electrons. The summed E-state index contributed by atoms with van der Waals surface area (Å²) in [6.45, 7) is 6.53. The van der Waals surface area contributed by atoms with Gasteiger partial charge in [-0.1, -0.05) is 19.0 Å². The number of nitrogens with one attached hydrogen (secondary N) is 1. The molecule has 0 bridgehead atoms. The highest BCUT2D eigenvalue weighted by atomic mass is 32.1. The molecule has 0 fully saturated rings. The topological polar surface area (TPSA) is 68.0 Å². The van der Waals surface area contributed by atoms with Crippen LogP contribution in [0.25, 0.3) is 10.8 Å². The maximum absolute atomic E-state index is 12.0. The smallest absolute Gasteiger partial charge is 0.268 e. The van der Waals surface area contributed by atoms with Crippen LogP contribution in [0.15, 0.2) is 28.8 Å². The Labute approximate surface area is 142 Å². The van der Waals surface area contributed by atoms with Crippen molar-refractivity contribution in [3.8, 4) is 10.8 Å². The Kier molecular flexibility index (Phi) is 4.58. The number of aromatic nitrogens is 2. The molecule has 0 aliphatic carbocycles. The van der Waals surface area contributed by atoms with Gasteiger partial charge in [0.25, 0.3) is 11.8 Å². The molecule has 0 aromatic carbocycles. The summed E-state index contributed by atoms with van der Waals surface area (Å²) in [6, 6.07) is 7.71. The van der Waals surface area contributed by atoms with Gasteiger partial charge in [-0.2, -0.15) is 4.98 Å². The maximum atomic E-state index is 12.0. The Hall–Kier alpha value is -1.99. The third-order valence-electron chi connectivity index (χ3n) is 3.22. The highest BCUT2D eigenvalue weighted by Gasteiger charge is 2.14. The van der Waals surface area contributed by atoms with Crippen molar-refractivity contribution in [1.29, 1.82) is 0 Å². The monoisotopic (exact) mass is 347 g/mol. The molecule has 7 heteroatoms. The average Bonchev–Trinajstić information content (AvgIpc) is 3.24. The van der Waals surface area contributed by atoms with Gasteiger partial charge >= 0.3 is 0 Å². The fourth-order valence-electron chi connectivity index (χ4n) is 1.97. The van der Waals surface area contributed by atoms with E-state index in [4.69, 9.17) is 4.52 Å². The number of carbonyl (C=O) groups is 1. The molecule has 0 saturated carbocycles. The standard InChI is InChI=1S/C16H17N3O2S2/c1-9(2)14-18-16(21-19-14)13-7-5-11(23-13)8-17-15(20)12-6-4-10(3)22-12/h4-7,9H,8H2,1-3H3,(H,17,20). The van der Waals surface area contributed by atoms with Crippen molar-refractivity contribution in [2.45, 2.75) is 33.2 Å². The summed E-state index contributed by atoms with van der Waals surface area (Å²) >= 11 is 3.04. The predicted octanol–water partition coefficient (Wildman–Crippen LogP) is 4.22. The van der Waals surface area contributed by atoms with Crippen LogP contribution in [0, 0.1) is 6.92 Å². The third-order valence-corrected chi connectivity index (χ3v) is 5.29. The third kappa shape index (κ3) is 3.68. The molecule has 3 aromatic heterocycles. The molecule has 0 unspecified atom stereocenters. The molecular formula is C16H17N3O2S2. The van der Waals surface area contributed by atoms with E-state index in [2.05, 4.69) is 15.5 Å². The highest BCUT2D eigenvalue weighted by Crippen LogP contribution is 2.27. The van der Waals surface area contributed by atoms with Crippen molar-refractivity contribution in [3.63, 3.8) is 0 Å². The minimum Gasteiger partial charge on any atom is -0.346 e. The van der Waals surface area contributed by atoms with E-state index in [9.17, 15) is 4.79 Å². The maximum Gasteiger partial charge on any atom is 0.268 e. The largest absolute Gasteiger partial charge is 0.346 e. The molecule has 3 rings (SSSR count). The Bertz CT molecular complexity index is 817. The van der Waals surface area contributed by atoms with Gasteiger partial charge in [-0.15, -0.1) is 22.7 Å². The van der Waals surface area contributed by atoms with Gasteiger partial charge in [0.2, 0.25) is 0 Å². The molecule has 23 heavy (non-hydrogen) atoms. The summed E-state index contributed by atoms with van der Waals surface area (Å²) < 4.78 is 5.29. The van der Waals surface area contributed by atoms with Crippen molar-refractivity contribution in [2.24, 2.45) is 0 Å². The van der Waals surface area contributed by atoms with Crippen molar-refractivity contribution in [1.82, 2.24) is 15.5 Å². The van der Waals surface area contributed by atoms with Gasteiger partial charge in [0.1, 0.15) is 0 Å². The summed E-state index contributed by atoms with van der Waals surface area (Å²) in [5.74, 6) is 1.43. The zero-order valence-electron chi connectivity index (χ0n) is 13.1. The second-order valence-corrected chi connectivity index (χ2v) is 7.93. The molecule has 0 aliphatic heterocycles. The van der Waals surface area contributed by atoms with Crippen molar-refractivity contribution < 1.29 is 9.32 Å². The van der Waals surface area contributed by atoms with Crippen LogP contribution in [0.5, 0.6) is 0 Å². The highest BCUT2D eigenvalue weighted by molar-refractivity contribution is 7.15. The molecule has 3 aromatic rings. The summed E-state index contributed by atoms with van der Waals surface area (Å²) in [5.41, 5.74) is 0. The summed E-state index contributed by atoms with van der Waals surface area (Å²) in [4.78, 5) is 20.3. The van der Waals surface area contributed by atoms with Crippen LogP contribution in [0.1, 0.15) is 45.0 Å². The first kappa shape index (κ1) is 15.9. The zero-order chi connectivity index (χ0) is 16.4. The molecular weight excluding hydrogens is 330 g/mol. The summed E-state index contributed by atoms with van der Waals surface area (Å²) in [5, 5.41) is 6.90. The molecule has 0 spiro atoms. The normalized spacial score (nSPS) is 11.1. The van der Waals surface area contributed by atoms with Gasteiger partial charge in [0.05, 0.1) is 16.3 Å². The molecule has 0 atom stereocenters. The molecule has 1 N–H and O–H groups in total. The van der Waals surface area contributed by atoms with Crippen LogP contribution in [0.2, 0.25) is 0 Å². The van der Waals surface area contributed by atoms with Crippen LogP contribution in [-0.2, 0) is 6.54 Å². The number of rotatable bonds is 5. The zero-order valence-corrected chi connectivity index (χ0v) is 14.8. The van der Waals surface area contributed by atoms with Crippen molar-refractivity contribution in [3.05, 3.63) is 44.7 Å². The molecule has 1 amide bonds. The quantitative estimate of drug-likeness (QED) is 0.750. The fraction of sp³-hybridized carbons (Fsp3) is 0.312. The number of hydrogen-bond acceptors (Lipinski definition) is 6. The molecule has 0 aliphatic rings. The SMILES string of the molecule is Cc1ccc(C(=O)NCc2ccc(-c3nc(C(C)C)no3)s2)s1. The van der Waals surface area contributed by atoms with Gasteiger partial charge < -0.3 is 9.84 Å². The van der Waals surface area contributed by atoms with Gasteiger partial charge in [-0.25, -0.2) is 0 Å². The first-order valence-corrected chi connectivity index (χ1v) is 8.93. The van der Waals surface area contributed by atoms with Gasteiger partial charge in [-0.05, 0) is 31.2 Å². The summed E-state index contributed by atoms with van der Waals surface area (Å²) in [7, 11) is 0. The fourth-order valence-corrected chi connectivity index (χ4v) is 3.62. The number of aryl methyl sites for hydroxylation is 1. The van der Waals surface area contributed by atoms with E-state index in [0.717, 1.165) is 19.5 Å². The number of thiophene rings is 2. The predicted molar refractivity (Wildman–Crippen MR) is 91.9 cm³/mol. The Balaban J connectivity index is 1.64. The number of hydrogen-bond donors (Lipinski definition) is 1. The van der Waals surface area contributed by atoms with Crippen molar-refractivity contribution in [2.75, 3.05) is 0 Å². The van der Waals surface area contributed by atoms with Gasteiger partial charge in [0.15, 0.2) is 5.82 Å². The summed E-state index contributed by atoms with van der Waals surface area (Å²) in [6.07, 6.45) is 0. The van der Waals surface area contributed by atoms with Crippen LogP contribution >= 0.6 is 22.7 Å². The van der Waals surface area contributed by atoms with Crippen molar-refractivity contribution >= 4 is 28.6 Å². The lowest BCUT2D eigenvalue weighted by atomic mass is 10.2. The second kappa shape index (κ2) is 6.64. The second-order valence-electron chi connectivity index (χ2n) is 5.47. The lowest BCUT2D eigenvalue weighted by molar-refractivity contribution is 0.0955. The van der Waals surface area contributed by atoms with E-state index in [-0.39, 0.29) is 11.8 Å². The van der Waals surface area contributed by atoms with Crippen LogP contribution in [-0.4, -0.2) is 16.0 Å². The lowest BCUT2D eigenvalue weighted by Gasteiger charge is -2.00. The Morgan fingerprint density at radius 3 is 2.74 bits per heavy atom. The van der Waals surface area contributed by atoms with E-state index in [1.165, 1.54) is 11.3 Å². The van der Waals surface area contributed by atoms with Crippen LogP contribution in [0.3, 0.4) is 0 Å². The van der Waals surface area contributed by atoms with Gasteiger partial charge in [0, 0.05) is 15.7 Å². The number of amides is 1. The van der Waals surface area contributed by atoms with E-state index < -0.39 is 0 Å². The van der Waals surface area contributed by atoms with E-state index >= 15 is 0 Å². The minimum atomic E-state index is -0.0436. The lowest BCUT2D eigenvalue weighted by Crippen LogP contribution is -2.21. The molecule has 3 heterocycles. The first-order valence-electron chi connectivity index (χ1n) is 7.30. The minimum absolute atomic E-state index is 0.0436. The van der Waals surface area contributed by atoms with E-state index in [1.54, 1.807) is 11.3 Å². The van der Waals surface area contributed by atoms with Crippen LogP contribution < -0.4 is 5.32 Å². The Morgan fingerprint density at radius 2 is 2.09 bits per heavy atom.